The molecule has 0 saturated heterocycles. The Hall–Kier alpha value is -0.860. The number of rotatable bonds is 2. The normalized spacial score (nSPS) is 9.64. The second kappa shape index (κ2) is 3.51. The summed E-state index contributed by atoms with van der Waals surface area (Å²) >= 11 is 5.76. The van der Waals surface area contributed by atoms with Gasteiger partial charge in [-0.1, -0.05) is 18.2 Å². The van der Waals surface area contributed by atoms with E-state index < -0.39 is 0 Å². The van der Waals surface area contributed by atoms with Crippen molar-refractivity contribution in [3.8, 4) is 0 Å². The highest BCUT2D eigenvalue weighted by molar-refractivity contribution is 6.31. The van der Waals surface area contributed by atoms with Crippen molar-refractivity contribution in [1.29, 1.82) is 0 Å². The monoisotopic (exact) mass is 169 g/mol. The summed E-state index contributed by atoms with van der Waals surface area (Å²) in [5.74, 6) is 0. The predicted octanol–water partition coefficient (Wildman–Crippen LogP) is 1.87. The van der Waals surface area contributed by atoms with Crippen LogP contribution >= 0.6 is 11.6 Å². The van der Waals surface area contributed by atoms with Gasteiger partial charge in [-0.3, -0.25) is 4.98 Å². The Kier molecular flexibility index (Phi) is 2.63. The van der Waals surface area contributed by atoms with Gasteiger partial charge in [0, 0.05) is 6.20 Å². The average Bonchev–Trinajstić information content (AvgIpc) is 2.04. The molecule has 1 rings (SSSR count). The van der Waals surface area contributed by atoms with Crippen LogP contribution in [0.2, 0.25) is 5.02 Å². The van der Waals surface area contributed by atoms with Crippen molar-refractivity contribution >= 4 is 17.7 Å². The van der Waals surface area contributed by atoms with Crippen LogP contribution in [0.3, 0.4) is 0 Å². The van der Waals surface area contributed by atoms with Crippen molar-refractivity contribution in [2.45, 2.75) is 6.61 Å². The largest absolute Gasteiger partial charge is 0.392 e. The van der Waals surface area contributed by atoms with Crippen LogP contribution in [0.1, 0.15) is 11.3 Å². The highest BCUT2D eigenvalue weighted by atomic mass is 35.5. The fraction of sp³-hybridized carbons (Fsp3) is 0.125. The lowest BCUT2D eigenvalue weighted by Gasteiger charge is -1.98. The SMILES string of the molecule is C=Cc1ncc(CO)cc1Cl. The van der Waals surface area contributed by atoms with Gasteiger partial charge in [-0.05, 0) is 17.7 Å². The van der Waals surface area contributed by atoms with Gasteiger partial charge in [-0.2, -0.15) is 0 Å². The van der Waals surface area contributed by atoms with Crippen LogP contribution in [0.5, 0.6) is 0 Å². The molecule has 0 aliphatic heterocycles. The highest BCUT2D eigenvalue weighted by Crippen LogP contribution is 2.15. The number of hydrogen-bond acceptors (Lipinski definition) is 2. The number of pyridine rings is 1. The first-order chi connectivity index (χ1) is 5.27. The number of halogens is 1. The second-order valence-corrected chi connectivity index (χ2v) is 2.48. The lowest BCUT2D eigenvalue weighted by molar-refractivity contribution is 0.281. The fourth-order valence-electron chi connectivity index (χ4n) is 0.725. The Morgan fingerprint density at radius 3 is 2.91 bits per heavy atom. The highest BCUT2D eigenvalue weighted by Gasteiger charge is 1.98. The van der Waals surface area contributed by atoms with Crippen LogP contribution in [-0.4, -0.2) is 10.1 Å². The third kappa shape index (κ3) is 1.79. The van der Waals surface area contributed by atoms with E-state index in [0.717, 1.165) is 0 Å². The van der Waals surface area contributed by atoms with E-state index in [4.69, 9.17) is 16.7 Å². The first kappa shape index (κ1) is 8.24. The number of nitrogens with zero attached hydrogens (tertiary/aromatic N) is 1. The summed E-state index contributed by atoms with van der Waals surface area (Å²) in [6, 6.07) is 1.67. The number of aromatic nitrogens is 1. The van der Waals surface area contributed by atoms with Crippen LogP contribution in [-0.2, 0) is 6.61 Å². The Morgan fingerprint density at radius 1 is 1.73 bits per heavy atom. The third-order valence-electron chi connectivity index (χ3n) is 1.30. The Balaban J connectivity index is 3.09. The van der Waals surface area contributed by atoms with E-state index in [1.54, 1.807) is 18.3 Å². The minimum atomic E-state index is -0.0376. The molecule has 2 nitrogen and oxygen atoms in total. The summed E-state index contributed by atoms with van der Waals surface area (Å²) in [4.78, 5) is 3.96. The zero-order valence-electron chi connectivity index (χ0n) is 5.92. The number of hydrogen-bond donors (Lipinski definition) is 1. The van der Waals surface area contributed by atoms with Crippen LogP contribution in [0.4, 0.5) is 0 Å². The van der Waals surface area contributed by atoms with Crippen molar-refractivity contribution in [1.82, 2.24) is 4.98 Å². The van der Waals surface area contributed by atoms with Gasteiger partial charge in [-0.25, -0.2) is 0 Å². The van der Waals surface area contributed by atoms with E-state index in [0.29, 0.717) is 16.3 Å². The molecule has 0 amide bonds. The molecule has 11 heavy (non-hydrogen) atoms. The molecule has 0 aromatic carbocycles. The number of aliphatic hydroxyl groups is 1. The van der Waals surface area contributed by atoms with Crippen LogP contribution < -0.4 is 0 Å². The molecule has 0 unspecified atom stereocenters. The molecule has 0 saturated carbocycles. The molecule has 0 atom stereocenters. The molecule has 1 aromatic heterocycles. The smallest absolute Gasteiger partial charge is 0.0810 e. The molecule has 0 spiro atoms. The molecule has 1 heterocycles. The van der Waals surface area contributed by atoms with E-state index in [2.05, 4.69) is 11.6 Å². The van der Waals surface area contributed by atoms with Crippen LogP contribution in [0, 0.1) is 0 Å². The van der Waals surface area contributed by atoms with Crippen molar-refractivity contribution in [3.05, 3.63) is 35.1 Å². The first-order valence-electron chi connectivity index (χ1n) is 3.15. The summed E-state index contributed by atoms with van der Waals surface area (Å²) in [5.41, 5.74) is 1.35. The van der Waals surface area contributed by atoms with Crippen molar-refractivity contribution in [2.24, 2.45) is 0 Å². The quantitative estimate of drug-likeness (QED) is 0.733. The minimum Gasteiger partial charge on any atom is -0.392 e. The molecule has 0 radical (unpaired) electrons. The van der Waals surface area contributed by atoms with Crippen molar-refractivity contribution in [2.75, 3.05) is 0 Å². The Morgan fingerprint density at radius 2 is 2.45 bits per heavy atom. The second-order valence-electron chi connectivity index (χ2n) is 2.07. The maximum absolute atomic E-state index is 8.70. The van der Waals surface area contributed by atoms with Crippen molar-refractivity contribution < 1.29 is 5.11 Å². The van der Waals surface area contributed by atoms with Gasteiger partial charge in [-0.15, -0.1) is 0 Å². The lowest BCUT2D eigenvalue weighted by atomic mass is 10.2. The van der Waals surface area contributed by atoms with E-state index in [1.165, 1.54) is 0 Å². The van der Waals surface area contributed by atoms with Crippen molar-refractivity contribution in [3.63, 3.8) is 0 Å². The molecule has 58 valence electrons. The predicted molar refractivity (Wildman–Crippen MR) is 45.3 cm³/mol. The standard InChI is InChI=1S/C8H8ClNO/c1-2-8-7(9)3-6(5-11)4-10-8/h2-4,11H,1,5H2. The zero-order chi connectivity index (χ0) is 8.27. The van der Waals surface area contributed by atoms with Gasteiger partial charge >= 0.3 is 0 Å². The van der Waals surface area contributed by atoms with Crippen LogP contribution in [0.15, 0.2) is 18.8 Å². The minimum absolute atomic E-state index is 0.0376. The summed E-state index contributed by atoms with van der Waals surface area (Å²) < 4.78 is 0. The topological polar surface area (TPSA) is 33.1 Å². The number of aliphatic hydroxyl groups excluding tert-OH is 1. The maximum Gasteiger partial charge on any atom is 0.0810 e. The van der Waals surface area contributed by atoms with E-state index >= 15 is 0 Å². The van der Waals surface area contributed by atoms with Crippen LogP contribution in [0.25, 0.3) is 6.08 Å². The summed E-state index contributed by atoms with van der Waals surface area (Å²) in [6.45, 7) is 3.50. The summed E-state index contributed by atoms with van der Waals surface area (Å²) in [6.07, 6.45) is 3.15. The molecular weight excluding hydrogens is 162 g/mol. The average molecular weight is 170 g/mol. The molecular formula is C8H8ClNO. The van der Waals surface area contributed by atoms with Gasteiger partial charge < -0.3 is 5.11 Å². The Labute approximate surface area is 70.2 Å². The molecule has 0 bridgehead atoms. The van der Waals surface area contributed by atoms with Gasteiger partial charge in [0.05, 0.1) is 17.3 Å². The molecule has 3 heteroatoms. The zero-order valence-corrected chi connectivity index (χ0v) is 6.67. The Bertz CT molecular complexity index is 273. The maximum atomic E-state index is 8.70. The fourth-order valence-corrected chi connectivity index (χ4v) is 0.991. The molecule has 0 fully saturated rings. The van der Waals surface area contributed by atoms with Gasteiger partial charge in [0.15, 0.2) is 0 Å². The van der Waals surface area contributed by atoms with Gasteiger partial charge in [0.25, 0.3) is 0 Å². The first-order valence-corrected chi connectivity index (χ1v) is 3.53. The molecule has 0 aliphatic rings. The van der Waals surface area contributed by atoms with E-state index in [9.17, 15) is 0 Å². The third-order valence-corrected chi connectivity index (χ3v) is 1.60. The lowest BCUT2D eigenvalue weighted by Crippen LogP contribution is -1.88. The molecule has 1 aromatic rings. The summed E-state index contributed by atoms with van der Waals surface area (Å²) in [5, 5.41) is 9.22. The van der Waals surface area contributed by atoms with E-state index in [1.807, 2.05) is 0 Å². The summed E-state index contributed by atoms with van der Waals surface area (Å²) in [7, 11) is 0. The van der Waals surface area contributed by atoms with Gasteiger partial charge in [0.1, 0.15) is 0 Å². The van der Waals surface area contributed by atoms with E-state index in [-0.39, 0.29) is 6.61 Å². The molecule has 1 N–H and O–H groups in total. The van der Waals surface area contributed by atoms with Gasteiger partial charge in [0.2, 0.25) is 0 Å². The molecule has 0 aliphatic carbocycles.